The number of hydrogen-bond donors (Lipinski definition) is 1. The number of nitrogens with two attached hydrogens (primary N) is 1. The Kier molecular flexibility index (Phi) is 4.56. The summed E-state index contributed by atoms with van der Waals surface area (Å²) in [6.45, 7) is 4.33. The van der Waals surface area contributed by atoms with Crippen molar-refractivity contribution < 1.29 is 4.74 Å². The van der Waals surface area contributed by atoms with Crippen LogP contribution in [0.4, 0.5) is 0 Å². The average molecular weight is 287 g/mol. The highest BCUT2D eigenvalue weighted by Gasteiger charge is 2.25. The molecule has 3 rings (SSSR count). The van der Waals surface area contributed by atoms with Gasteiger partial charge < -0.3 is 10.5 Å². The van der Waals surface area contributed by atoms with Crippen molar-refractivity contribution in [1.29, 1.82) is 0 Å². The molecule has 0 amide bonds. The minimum atomic E-state index is 0.300. The molecule has 0 spiro atoms. The number of aromatic nitrogens is 2. The van der Waals surface area contributed by atoms with Gasteiger partial charge in [0.25, 0.3) is 0 Å². The molecule has 1 saturated carbocycles. The minimum Gasteiger partial charge on any atom is -0.371 e. The summed E-state index contributed by atoms with van der Waals surface area (Å²) in [4.78, 5) is 0. The van der Waals surface area contributed by atoms with E-state index in [1.54, 1.807) is 0 Å². The minimum absolute atomic E-state index is 0.300. The Morgan fingerprint density at radius 1 is 1.29 bits per heavy atom. The van der Waals surface area contributed by atoms with Crippen LogP contribution in [-0.2, 0) is 17.9 Å². The molecule has 21 heavy (non-hydrogen) atoms. The molecule has 4 heteroatoms. The fraction of sp³-hybridized carbons (Fsp3) is 0.588. The van der Waals surface area contributed by atoms with E-state index in [0.717, 1.165) is 25.2 Å². The van der Waals surface area contributed by atoms with Crippen LogP contribution in [0.3, 0.4) is 0 Å². The number of nitrogens with zero attached hydrogens (tertiary/aromatic N) is 2. The fourth-order valence-corrected chi connectivity index (χ4v) is 3.39. The van der Waals surface area contributed by atoms with E-state index in [1.807, 2.05) is 0 Å². The Morgan fingerprint density at radius 3 is 2.90 bits per heavy atom. The highest BCUT2D eigenvalue weighted by Crippen LogP contribution is 2.27. The van der Waals surface area contributed by atoms with E-state index in [2.05, 4.69) is 35.9 Å². The summed E-state index contributed by atoms with van der Waals surface area (Å²) in [6.07, 6.45) is 5.18. The lowest BCUT2D eigenvalue weighted by atomic mass is 9.86. The van der Waals surface area contributed by atoms with E-state index in [4.69, 9.17) is 15.6 Å². The summed E-state index contributed by atoms with van der Waals surface area (Å²) in [5, 5.41) is 5.91. The number of benzene rings is 1. The second-order valence-electron chi connectivity index (χ2n) is 5.91. The van der Waals surface area contributed by atoms with Crippen molar-refractivity contribution in [2.24, 2.45) is 11.7 Å². The Bertz CT molecular complexity index is 593. The molecule has 2 N–H and O–H groups in total. The third kappa shape index (κ3) is 2.97. The monoisotopic (exact) mass is 287 g/mol. The summed E-state index contributed by atoms with van der Waals surface area (Å²) in [6, 6.07) is 8.39. The van der Waals surface area contributed by atoms with Gasteiger partial charge in [-0.05, 0) is 38.3 Å². The van der Waals surface area contributed by atoms with Gasteiger partial charge in [-0.25, -0.2) is 0 Å². The van der Waals surface area contributed by atoms with Gasteiger partial charge in [-0.2, -0.15) is 5.10 Å². The van der Waals surface area contributed by atoms with Crippen molar-refractivity contribution >= 4 is 10.9 Å². The average Bonchev–Trinajstić information content (AvgIpc) is 2.91. The Balaban J connectivity index is 1.75. The molecule has 1 aliphatic rings. The van der Waals surface area contributed by atoms with Crippen molar-refractivity contribution in [1.82, 2.24) is 9.78 Å². The van der Waals surface area contributed by atoms with Crippen LogP contribution in [0, 0.1) is 5.92 Å². The highest BCUT2D eigenvalue weighted by atomic mass is 16.5. The van der Waals surface area contributed by atoms with Crippen molar-refractivity contribution in [2.75, 3.05) is 6.54 Å². The largest absolute Gasteiger partial charge is 0.371 e. The molecule has 1 aromatic carbocycles. The second-order valence-corrected chi connectivity index (χ2v) is 5.91. The molecule has 114 valence electrons. The van der Waals surface area contributed by atoms with Crippen LogP contribution < -0.4 is 5.73 Å². The number of aryl methyl sites for hydroxylation is 1. The Labute approximate surface area is 126 Å². The smallest absolute Gasteiger partial charge is 0.0960 e. The lowest BCUT2D eigenvalue weighted by Gasteiger charge is -2.30. The maximum absolute atomic E-state index is 6.18. The maximum Gasteiger partial charge on any atom is 0.0960 e. The van der Waals surface area contributed by atoms with E-state index < -0.39 is 0 Å². The molecule has 2 atom stereocenters. The van der Waals surface area contributed by atoms with Gasteiger partial charge in [-0.15, -0.1) is 0 Å². The maximum atomic E-state index is 6.18. The van der Waals surface area contributed by atoms with Crippen LogP contribution in [0.15, 0.2) is 24.3 Å². The standard InChI is InChI=1S/C17H25N3O/c1-2-20-16-9-5-4-8-14(16)15(19-20)12-21-17-10-6-3-7-13(17)11-18/h4-5,8-9,13,17H,2-3,6-7,10-12,18H2,1H3. The summed E-state index contributed by atoms with van der Waals surface area (Å²) in [5.41, 5.74) is 8.12. The van der Waals surface area contributed by atoms with Crippen LogP contribution in [0.5, 0.6) is 0 Å². The topological polar surface area (TPSA) is 53.1 Å². The zero-order valence-electron chi connectivity index (χ0n) is 12.8. The predicted molar refractivity (Wildman–Crippen MR) is 85.0 cm³/mol. The van der Waals surface area contributed by atoms with Gasteiger partial charge in [0.05, 0.1) is 23.9 Å². The van der Waals surface area contributed by atoms with Crippen molar-refractivity contribution in [2.45, 2.75) is 51.9 Å². The van der Waals surface area contributed by atoms with Crippen molar-refractivity contribution in [3.05, 3.63) is 30.0 Å². The third-order valence-electron chi connectivity index (χ3n) is 4.61. The molecular weight excluding hydrogens is 262 g/mol. The van der Waals surface area contributed by atoms with Gasteiger partial charge in [0.15, 0.2) is 0 Å². The number of fused-ring (bicyclic) bond motifs is 1. The third-order valence-corrected chi connectivity index (χ3v) is 4.61. The molecule has 0 aliphatic heterocycles. The fourth-order valence-electron chi connectivity index (χ4n) is 3.39. The first-order valence-electron chi connectivity index (χ1n) is 8.09. The number of rotatable bonds is 5. The van der Waals surface area contributed by atoms with Crippen LogP contribution >= 0.6 is 0 Å². The highest BCUT2D eigenvalue weighted by molar-refractivity contribution is 5.81. The number of hydrogen-bond acceptors (Lipinski definition) is 3. The second kappa shape index (κ2) is 6.58. The first-order chi connectivity index (χ1) is 10.3. The molecule has 0 radical (unpaired) electrons. The van der Waals surface area contributed by atoms with Crippen LogP contribution in [0.2, 0.25) is 0 Å². The Hall–Kier alpha value is -1.39. The molecule has 2 unspecified atom stereocenters. The quantitative estimate of drug-likeness (QED) is 0.919. The van der Waals surface area contributed by atoms with Crippen LogP contribution in [0.1, 0.15) is 38.3 Å². The first-order valence-corrected chi connectivity index (χ1v) is 8.09. The van der Waals surface area contributed by atoms with Gasteiger partial charge in [0.1, 0.15) is 0 Å². The van der Waals surface area contributed by atoms with E-state index in [1.165, 1.54) is 30.2 Å². The molecule has 1 aliphatic carbocycles. The van der Waals surface area contributed by atoms with Crippen molar-refractivity contribution in [3.63, 3.8) is 0 Å². The van der Waals surface area contributed by atoms with Crippen LogP contribution in [-0.4, -0.2) is 22.4 Å². The van der Waals surface area contributed by atoms with E-state index >= 15 is 0 Å². The van der Waals surface area contributed by atoms with E-state index in [0.29, 0.717) is 18.6 Å². The normalized spacial score (nSPS) is 22.8. The SMILES string of the molecule is CCn1nc(COC2CCCCC2CN)c2ccccc21. The van der Waals surface area contributed by atoms with E-state index in [-0.39, 0.29) is 0 Å². The molecule has 1 heterocycles. The number of ether oxygens (including phenoxy) is 1. The molecule has 4 nitrogen and oxygen atoms in total. The van der Waals surface area contributed by atoms with Gasteiger partial charge in [0, 0.05) is 11.9 Å². The molecule has 2 aromatic rings. The van der Waals surface area contributed by atoms with Gasteiger partial charge in [0.2, 0.25) is 0 Å². The first kappa shape index (κ1) is 14.5. The van der Waals surface area contributed by atoms with Gasteiger partial charge in [-0.1, -0.05) is 31.0 Å². The Morgan fingerprint density at radius 2 is 2.10 bits per heavy atom. The molecule has 1 fully saturated rings. The van der Waals surface area contributed by atoms with Crippen LogP contribution in [0.25, 0.3) is 10.9 Å². The predicted octanol–water partition coefficient (Wildman–Crippen LogP) is 3.09. The molecular formula is C17H25N3O. The summed E-state index contributed by atoms with van der Waals surface area (Å²) in [7, 11) is 0. The molecule has 0 bridgehead atoms. The zero-order chi connectivity index (χ0) is 14.7. The molecule has 1 aromatic heterocycles. The lowest BCUT2D eigenvalue weighted by Crippen LogP contribution is -2.33. The van der Waals surface area contributed by atoms with Crippen molar-refractivity contribution in [3.8, 4) is 0 Å². The van der Waals surface area contributed by atoms with Gasteiger partial charge in [-0.3, -0.25) is 4.68 Å². The summed E-state index contributed by atoms with van der Waals surface area (Å²) >= 11 is 0. The summed E-state index contributed by atoms with van der Waals surface area (Å²) < 4.78 is 8.23. The van der Waals surface area contributed by atoms with Gasteiger partial charge >= 0.3 is 0 Å². The number of para-hydroxylation sites is 1. The summed E-state index contributed by atoms with van der Waals surface area (Å²) in [5.74, 6) is 0.512. The zero-order valence-corrected chi connectivity index (χ0v) is 12.8. The lowest BCUT2D eigenvalue weighted by molar-refractivity contribution is -0.0193. The molecule has 0 saturated heterocycles. The van der Waals surface area contributed by atoms with E-state index in [9.17, 15) is 0 Å².